The lowest BCUT2D eigenvalue weighted by Gasteiger charge is -2.14. The van der Waals surface area contributed by atoms with Crippen LogP contribution in [0.5, 0.6) is 0 Å². The Morgan fingerprint density at radius 3 is 2.70 bits per heavy atom. The summed E-state index contributed by atoms with van der Waals surface area (Å²) in [6.07, 6.45) is 4.41. The number of para-hydroxylation sites is 1. The molecule has 4 nitrogen and oxygen atoms in total. The van der Waals surface area contributed by atoms with Crippen molar-refractivity contribution in [1.29, 1.82) is 0 Å². The average Bonchev–Trinajstić information content (AvgIpc) is 3.30. The van der Waals surface area contributed by atoms with Crippen LogP contribution in [-0.4, -0.2) is 19.7 Å². The van der Waals surface area contributed by atoms with Crippen LogP contribution in [0.4, 0.5) is 0 Å². The molecular formula is C21H19ClN4S. The molecular weight excluding hydrogens is 376 g/mol. The molecule has 0 amide bonds. The van der Waals surface area contributed by atoms with Gasteiger partial charge in [0.05, 0.1) is 0 Å². The molecule has 5 rings (SSSR count). The Kier molecular flexibility index (Phi) is 4.21. The quantitative estimate of drug-likeness (QED) is 0.406. The summed E-state index contributed by atoms with van der Waals surface area (Å²) >= 11 is 8.12. The van der Waals surface area contributed by atoms with E-state index >= 15 is 0 Å². The van der Waals surface area contributed by atoms with E-state index in [1.54, 1.807) is 11.8 Å². The van der Waals surface area contributed by atoms with Gasteiger partial charge in [-0.1, -0.05) is 59.8 Å². The minimum absolute atomic E-state index is 0.205. The monoisotopic (exact) mass is 394 g/mol. The summed E-state index contributed by atoms with van der Waals surface area (Å²) in [4.78, 5) is 3.35. The smallest absolute Gasteiger partial charge is 0.192 e. The maximum atomic E-state index is 6.39. The summed E-state index contributed by atoms with van der Waals surface area (Å²) in [7, 11) is 0. The molecule has 1 N–H and O–H groups in total. The Labute approximate surface area is 167 Å². The molecule has 0 spiro atoms. The molecule has 136 valence electrons. The molecule has 0 unspecified atom stereocenters. The fourth-order valence-corrected chi connectivity index (χ4v) is 4.94. The van der Waals surface area contributed by atoms with Gasteiger partial charge in [0.2, 0.25) is 0 Å². The van der Waals surface area contributed by atoms with Gasteiger partial charge in [-0.3, -0.25) is 4.57 Å². The second-order valence-corrected chi connectivity index (χ2v) is 8.65. The second-order valence-electron chi connectivity index (χ2n) is 6.94. The van der Waals surface area contributed by atoms with Crippen molar-refractivity contribution in [3.63, 3.8) is 0 Å². The fraction of sp³-hybridized carbons (Fsp3) is 0.238. The summed E-state index contributed by atoms with van der Waals surface area (Å²) in [5, 5.41) is 12.3. The number of hydrogen-bond acceptors (Lipinski definition) is 3. The van der Waals surface area contributed by atoms with Gasteiger partial charge in [-0.2, -0.15) is 0 Å². The molecule has 1 aliphatic carbocycles. The van der Waals surface area contributed by atoms with Gasteiger partial charge in [0.25, 0.3) is 0 Å². The number of thioether (sulfide) groups is 1. The van der Waals surface area contributed by atoms with Crippen LogP contribution >= 0.6 is 23.4 Å². The van der Waals surface area contributed by atoms with Gasteiger partial charge in [-0.15, -0.1) is 10.2 Å². The molecule has 0 radical (unpaired) electrons. The maximum absolute atomic E-state index is 6.39. The number of halogens is 1. The van der Waals surface area contributed by atoms with E-state index in [9.17, 15) is 0 Å². The molecule has 6 heteroatoms. The van der Waals surface area contributed by atoms with E-state index in [0.717, 1.165) is 32.6 Å². The van der Waals surface area contributed by atoms with Gasteiger partial charge in [-0.25, -0.2) is 0 Å². The molecule has 1 aliphatic rings. The van der Waals surface area contributed by atoms with E-state index in [4.69, 9.17) is 11.6 Å². The number of H-pyrrole nitrogens is 1. The number of nitrogens with one attached hydrogen (secondary N) is 1. The Morgan fingerprint density at radius 2 is 1.89 bits per heavy atom. The summed E-state index contributed by atoms with van der Waals surface area (Å²) in [5.74, 6) is 0.948. The van der Waals surface area contributed by atoms with Crippen LogP contribution in [0.2, 0.25) is 5.02 Å². The van der Waals surface area contributed by atoms with E-state index in [1.165, 1.54) is 18.2 Å². The molecule has 0 saturated heterocycles. The van der Waals surface area contributed by atoms with Crippen molar-refractivity contribution in [2.45, 2.75) is 36.2 Å². The zero-order chi connectivity index (χ0) is 18.4. The van der Waals surface area contributed by atoms with Gasteiger partial charge < -0.3 is 4.98 Å². The maximum Gasteiger partial charge on any atom is 0.192 e. The lowest BCUT2D eigenvalue weighted by Crippen LogP contribution is -2.01. The van der Waals surface area contributed by atoms with E-state index in [1.807, 2.05) is 30.5 Å². The molecule has 2 heterocycles. The Morgan fingerprint density at radius 1 is 1.11 bits per heavy atom. The van der Waals surface area contributed by atoms with Crippen LogP contribution in [0.25, 0.3) is 22.3 Å². The highest BCUT2D eigenvalue weighted by molar-refractivity contribution is 7.99. The SMILES string of the molecule is C[C@@H](Sc1nnc(-c2c[nH]c3ccccc23)n1C1CC1)c1ccccc1Cl. The van der Waals surface area contributed by atoms with Crippen LogP contribution in [0.1, 0.15) is 36.6 Å². The highest BCUT2D eigenvalue weighted by atomic mass is 35.5. The fourth-order valence-electron chi connectivity index (χ4n) is 3.49. The normalized spacial score (nSPS) is 15.3. The third kappa shape index (κ3) is 3.05. The van der Waals surface area contributed by atoms with Gasteiger partial charge in [0.1, 0.15) is 0 Å². The minimum Gasteiger partial charge on any atom is -0.360 e. The zero-order valence-corrected chi connectivity index (χ0v) is 16.5. The van der Waals surface area contributed by atoms with Crippen LogP contribution in [-0.2, 0) is 0 Å². The molecule has 2 aromatic carbocycles. The van der Waals surface area contributed by atoms with Crippen molar-refractivity contribution < 1.29 is 0 Å². The molecule has 0 aliphatic heterocycles. The van der Waals surface area contributed by atoms with E-state index in [-0.39, 0.29) is 5.25 Å². The van der Waals surface area contributed by atoms with Crippen LogP contribution < -0.4 is 0 Å². The lowest BCUT2D eigenvalue weighted by molar-refractivity contribution is 0.668. The summed E-state index contributed by atoms with van der Waals surface area (Å²) in [6, 6.07) is 16.8. The van der Waals surface area contributed by atoms with Crippen molar-refractivity contribution in [3.05, 3.63) is 65.3 Å². The number of hydrogen-bond donors (Lipinski definition) is 1. The summed E-state index contributed by atoms with van der Waals surface area (Å²) < 4.78 is 2.31. The highest BCUT2D eigenvalue weighted by Gasteiger charge is 2.31. The number of nitrogens with zero attached hydrogens (tertiary/aromatic N) is 3. The number of rotatable bonds is 5. The molecule has 0 bridgehead atoms. The molecule has 1 atom stereocenters. The zero-order valence-electron chi connectivity index (χ0n) is 14.9. The van der Waals surface area contributed by atoms with Gasteiger partial charge in [-0.05, 0) is 37.5 Å². The largest absolute Gasteiger partial charge is 0.360 e. The molecule has 2 aromatic heterocycles. The molecule has 1 saturated carbocycles. The van der Waals surface area contributed by atoms with E-state index in [2.05, 4.69) is 50.9 Å². The predicted octanol–water partition coefficient (Wildman–Crippen LogP) is 6.27. The number of fused-ring (bicyclic) bond motifs is 1. The second kappa shape index (κ2) is 6.73. The first-order valence-electron chi connectivity index (χ1n) is 9.15. The number of benzene rings is 2. The topological polar surface area (TPSA) is 46.5 Å². The van der Waals surface area contributed by atoms with E-state index < -0.39 is 0 Å². The molecule has 4 aromatic rings. The molecule has 1 fully saturated rings. The third-order valence-electron chi connectivity index (χ3n) is 5.03. The first-order chi connectivity index (χ1) is 13.2. The van der Waals surface area contributed by atoms with Crippen molar-refractivity contribution in [3.8, 4) is 11.4 Å². The minimum atomic E-state index is 0.205. The van der Waals surface area contributed by atoms with Crippen molar-refractivity contribution in [2.24, 2.45) is 0 Å². The Hall–Kier alpha value is -2.24. The predicted molar refractivity (Wildman–Crippen MR) is 111 cm³/mol. The van der Waals surface area contributed by atoms with Gasteiger partial charge >= 0.3 is 0 Å². The van der Waals surface area contributed by atoms with Crippen LogP contribution in [0.15, 0.2) is 59.9 Å². The Balaban J connectivity index is 1.54. The highest BCUT2D eigenvalue weighted by Crippen LogP contribution is 2.45. The number of aromatic nitrogens is 4. The Bertz CT molecular complexity index is 1110. The van der Waals surface area contributed by atoms with E-state index in [0.29, 0.717) is 6.04 Å². The molecule has 27 heavy (non-hydrogen) atoms. The average molecular weight is 395 g/mol. The summed E-state index contributed by atoms with van der Waals surface area (Å²) in [6.45, 7) is 2.17. The summed E-state index contributed by atoms with van der Waals surface area (Å²) in [5.41, 5.74) is 3.36. The van der Waals surface area contributed by atoms with Crippen LogP contribution in [0.3, 0.4) is 0 Å². The third-order valence-corrected chi connectivity index (χ3v) is 6.47. The van der Waals surface area contributed by atoms with Gasteiger partial charge in [0, 0.05) is 39.0 Å². The number of aromatic amines is 1. The van der Waals surface area contributed by atoms with Crippen molar-refractivity contribution >= 4 is 34.3 Å². The lowest BCUT2D eigenvalue weighted by atomic mass is 10.1. The standard InChI is InChI=1S/C21H19ClN4S/c1-13(15-6-2-4-8-18(15)22)27-21-25-24-20(26(21)14-10-11-14)17-12-23-19-9-5-3-7-16(17)19/h2-9,12-14,23H,10-11H2,1H3/t13-/m1/s1. The van der Waals surface area contributed by atoms with Crippen molar-refractivity contribution in [2.75, 3.05) is 0 Å². The van der Waals surface area contributed by atoms with Crippen molar-refractivity contribution in [1.82, 2.24) is 19.7 Å². The van der Waals surface area contributed by atoms with Crippen LogP contribution in [0, 0.1) is 0 Å². The first-order valence-corrected chi connectivity index (χ1v) is 10.4. The van der Waals surface area contributed by atoms with Gasteiger partial charge in [0.15, 0.2) is 11.0 Å². The first kappa shape index (κ1) is 16.9.